The quantitative estimate of drug-likeness (QED) is 0.695. The molecule has 116 valence electrons. The number of aryl methyl sites for hydroxylation is 2. The topological polar surface area (TPSA) is 62.7 Å². The number of nitrogens with one attached hydrogen (secondary N) is 2. The van der Waals surface area contributed by atoms with E-state index in [1.54, 1.807) is 6.20 Å². The summed E-state index contributed by atoms with van der Waals surface area (Å²) in [6.07, 6.45) is 1.61. The van der Waals surface area contributed by atoms with E-state index in [0.29, 0.717) is 11.8 Å². The van der Waals surface area contributed by atoms with E-state index in [-0.39, 0.29) is 0 Å². The molecule has 0 radical (unpaired) electrons. The SMILES string of the molecule is Cc1ccc(C)c(Nc2cnnc(Nc3ccc(Br)cc3)n2)c1. The molecule has 2 aromatic carbocycles. The first kappa shape index (κ1) is 15.4. The van der Waals surface area contributed by atoms with Gasteiger partial charge in [-0.2, -0.15) is 10.1 Å². The molecule has 0 aliphatic heterocycles. The minimum absolute atomic E-state index is 0.447. The van der Waals surface area contributed by atoms with Gasteiger partial charge in [-0.1, -0.05) is 28.1 Å². The van der Waals surface area contributed by atoms with Crippen LogP contribution < -0.4 is 10.6 Å². The standard InChI is InChI=1S/C17H16BrN5/c1-11-3-4-12(2)15(9-11)21-16-10-19-23-17(22-16)20-14-7-5-13(18)6-8-14/h3-10H,1-2H3,(H2,20,21,22,23). The molecule has 3 rings (SSSR count). The van der Waals surface area contributed by atoms with Gasteiger partial charge in [-0.05, 0) is 55.3 Å². The van der Waals surface area contributed by atoms with Gasteiger partial charge in [0.25, 0.3) is 0 Å². The third kappa shape index (κ3) is 4.04. The minimum Gasteiger partial charge on any atom is -0.339 e. The summed E-state index contributed by atoms with van der Waals surface area (Å²) in [5, 5.41) is 14.4. The molecule has 3 aromatic rings. The van der Waals surface area contributed by atoms with Crippen molar-refractivity contribution in [2.24, 2.45) is 0 Å². The number of benzene rings is 2. The first-order valence-corrected chi connectivity index (χ1v) is 7.96. The number of hydrogen-bond acceptors (Lipinski definition) is 5. The fourth-order valence-corrected chi connectivity index (χ4v) is 2.35. The molecular weight excluding hydrogens is 354 g/mol. The average molecular weight is 370 g/mol. The summed E-state index contributed by atoms with van der Waals surface area (Å²) in [7, 11) is 0. The zero-order chi connectivity index (χ0) is 16.2. The van der Waals surface area contributed by atoms with Gasteiger partial charge in [0, 0.05) is 15.8 Å². The molecule has 1 aromatic heterocycles. The summed E-state index contributed by atoms with van der Waals surface area (Å²) in [5.74, 6) is 1.09. The van der Waals surface area contributed by atoms with Gasteiger partial charge in [-0.3, -0.25) is 0 Å². The third-order valence-electron chi connectivity index (χ3n) is 3.32. The van der Waals surface area contributed by atoms with Crippen LogP contribution in [0.5, 0.6) is 0 Å². The summed E-state index contributed by atoms with van der Waals surface area (Å²) in [6, 6.07) is 14.0. The number of rotatable bonds is 4. The molecule has 0 spiro atoms. The van der Waals surface area contributed by atoms with Gasteiger partial charge < -0.3 is 10.6 Å². The lowest BCUT2D eigenvalue weighted by atomic mass is 10.1. The lowest BCUT2D eigenvalue weighted by Crippen LogP contribution is -2.03. The second-order valence-corrected chi connectivity index (χ2v) is 6.16. The maximum Gasteiger partial charge on any atom is 0.249 e. The van der Waals surface area contributed by atoms with Crippen molar-refractivity contribution in [3.63, 3.8) is 0 Å². The van der Waals surface area contributed by atoms with Crippen LogP contribution in [-0.4, -0.2) is 15.2 Å². The molecule has 0 atom stereocenters. The highest BCUT2D eigenvalue weighted by molar-refractivity contribution is 9.10. The van der Waals surface area contributed by atoms with E-state index >= 15 is 0 Å². The van der Waals surface area contributed by atoms with Crippen LogP contribution in [0.1, 0.15) is 11.1 Å². The second kappa shape index (κ2) is 6.75. The zero-order valence-electron chi connectivity index (χ0n) is 12.8. The van der Waals surface area contributed by atoms with E-state index < -0.39 is 0 Å². The Bertz CT molecular complexity index is 817. The Hall–Kier alpha value is -2.47. The van der Waals surface area contributed by atoms with Gasteiger partial charge in [-0.15, -0.1) is 5.10 Å². The van der Waals surface area contributed by atoms with Crippen molar-refractivity contribution < 1.29 is 0 Å². The van der Waals surface area contributed by atoms with Crippen LogP contribution in [0.3, 0.4) is 0 Å². The van der Waals surface area contributed by atoms with Crippen LogP contribution in [0.2, 0.25) is 0 Å². The Kier molecular flexibility index (Phi) is 4.52. The normalized spacial score (nSPS) is 10.4. The van der Waals surface area contributed by atoms with E-state index in [2.05, 4.69) is 73.8 Å². The summed E-state index contributed by atoms with van der Waals surface area (Å²) in [5.41, 5.74) is 4.25. The molecule has 2 N–H and O–H groups in total. The van der Waals surface area contributed by atoms with Crippen LogP contribution in [0.4, 0.5) is 23.1 Å². The number of hydrogen-bond donors (Lipinski definition) is 2. The van der Waals surface area contributed by atoms with Crippen molar-refractivity contribution in [3.05, 3.63) is 64.3 Å². The van der Waals surface area contributed by atoms with Crippen LogP contribution in [0, 0.1) is 13.8 Å². The van der Waals surface area contributed by atoms with Crippen molar-refractivity contribution in [1.29, 1.82) is 0 Å². The van der Waals surface area contributed by atoms with Gasteiger partial charge in [0.05, 0.1) is 6.20 Å². The second-order valence-electron chi connectivity index (χ2n) is 5.24. The molecule has 0 fully saturated rings. The van der Waals surface area contributed by atoms with E-state index in [1.807, 2.05) is 24.3 Å². The smallest absolute Gasteiger partial charge is 0.249 e. The molecule has 0 aliphatic carbocycles. The van der Waals surface area contributed by atoms with Gasteiger partial charge in [0.1, 0.15) is 0 Å². The van der Waals surface area contributed by atoms with E-state index in [1.165, 1.54) is 5.56 Å². The maximum absolute atomic E-state index is 4.45. The summed E-state index contributed by atoms with van der Waals surface area (Å²) >= 11 is 3.41. The lowest BCUT2D eigenvalue weighted by molar-refractivity contribution is 0.982. The summed E-state index contributed by atoms with van der Waals surface area (Å²) < 4.78 is 1.02. The minimum atomic E-state index is 0.447. The van der Waals surface area contributed by atoms with Crippen LogP contribution in [0.25, 0.3) is 0 Å². The van der Waals surface area contributed by atoms with Crippen molar-refractivity contribution in [3.8, 4) is 0 Å². The van der Waals surface area contributed by atoms with Crippen molar-refractivity contribution in [2.45, 2.75) is 13.8 Å². The van der Waals surface area contributed by atoms with Crippen molar-refractivity contribution in [1.82, 2.24) is 15.2 Å². The average Bonchev–Trinajstić information content (AvgIpc) is 2.54. The molecule has 0 amide bonds. The first-order valence-electron chi connectivity index (χ1n) is 7.17. The van der Waals surface area contributed by atoms with Gasteiger partial charge in [-0.25, -0.2) is 0 Å². The fourth-order valence-electron chi connectivity index (χ4n) is 2.09. The predicted octanol–water partition coefficient (Wildman–Crippen LogP) is 4.74. The lowest BCUT2D eigenvalue weighted by Gasteiger charge is -2.10. The Morgan fingerprint density at radius 2 is 1.74 bits per heavy atom. The molecule has 0 bridgehead atoms. The number of anilines is 4. The molecule has 0 saturated heterocycles. The highest BCUT2D eigenvalue weighted by Gasteiger charge is 2.04. The van der Waals surface area contributed by atoms with E-state index in [4.69, 9.17) is 0 Å². The highest BCUT2D eigenvalue weighted by atomic mass is 79.9. The molecular formula is C17H16BrN5. The Balaban J connectivity index is 1.79. The monoisotopic (exact) mass is 369 g/mol. The molecule has 23 heavy (non-hydrogen) atoms. The van der Waals surface area contributed by atoms with Gasteiger partial charge >= 0.3 is 0 Å². The number of aromatic nitrogens is 3. The van der Waals surface area contributed by atoms with Gasteiger partial charge in [0.2, 0.25) is 5.95 Å². The summed E-state index contributed by atoms with van der Waals surface area (Å²) in [4.78, 5) is 4.45. The zero-order valence-corrected chi connectivity index (χ0v) is 14.4. The Labute approximate surface area is 143 Å². The van der Waals surface area contributed by atoms with Crippen LogP contribution >= 0.6 is 15.9 Å². The van der Waals surface area contributed by atoms with E-state index in [9.17, 15) is 0 Å². The molecule has 6 heteroatoms. The van der Waals surface area contributed by atoms with Crippen LogP contribution in [-0.2, 0) is 0 Å². The molecule has 0 saturated carbocycles. The van der Waals surface area contributed by atoms with Crippen molar-refractivity contribution in [2.75, 3.05) is 10.6 Å². The number of nitrogens with zero attached hydrogens (tertiary/aromatic N) is 3. The Morgan fingerprint density at radius 3 is 2.52 bits per heavy atom. The van der Waals surface area contributed by atoms with Crippen LogP contribution in [0.15, 0.2) is 53.1 Å². The largest absolute Gasteiger partial charge is 0.339 e. The van der Waals surface area contributed by atoms with Crippen molar-refractivity contribution >= 4 is 39.1 Å². The summed E-state index contributed by atoms with van der Waals surface area (Å²) in [6.45, 7) is 4.11. The maximum atomic E-state index is 4.45. The fraction of sp³-hybridized carbons (Fsp3) is 0.118. The molecule has 0 unspecified atom stereocenters. The van der Waals surface area contributed by atoms with Gasteiger partial charge in [0.15, 0.2) is 5.82 Å². The first-order chi connectivity index (χ1) is 11.1. The highest BCUT2D eigenvalue weighted by Crippen LogP contribution is 2.21. The molecule has 0 aliphatic rings. The predicted molar refractivity (Wildman–Crippen MR) is 96.5 cm³/mol. The number of halogens is 1. The Morgan fingerprint density at radius 1 is 0.957 bits per heavy atom. The van der Waals surface area contributed by atoms with E-state index in [0.717, 1.165) is 21.4 Å². The molecule has 5 nitrogen and oxygen atoms in total. The molecule has 1 heterocycles. The third-order valence-corrected chi connectivity index (χ3v) is 3.84.